The van der Waals surface area contributed by atoms with Gasteiger partial charge < -0.3 is 19.5 Å². The number of aromatic carboxylic acids is 1. The summed E-state index contributed by atoms with van der Waals surface area (Å²) in [5, 5.41) is 10.1. The third kappa shape index (κ3) is 5.55. The monoisotopic (exact) mass is 593 g/mol. The Balaban J connectivity index is 1.47. The molecule has 1 aromatic carbocycles. The second-order valence-electron chi connectivity index (χ2n) is 12.2. The quantitative estimate of drug-likeness (QED) is 0.267. The van der Waals surface area contributed by atoms with Crippen molar-refractivity contribution < 1.29 is 27.9 Å². The Kier molecular flexibility index (Phi) is 7.70. The molecule has 11 heteroatoms. The SMILES string of the molecule is Cc1cc(N2CCN(C(=O)c3ccc4c(-c5cc(F)c(F)c(F)c5)cn(CC(C)C)c4n3)C(C)(C)C2)nc(C)c1C(=O)O. The third-order valence-electron chi connectivity index (χ3n) is 7.87. The molecule has 0 saturated carbocycles. The van der Waals surface area contributed by atoms with Crippen LogP contribution in [0.25, 0.3) is 22.2 Å². The van der Waals surface area contributed by atoms with Crippen LogP contribution in [0, 0.1) is 37.2 Å². The van der Waals surface area contributed by atoms with E-state index in [1.165, 1.54) is 0 Å². The first-order chi connectivity index (χ1) is 20.2. The largest absolute Gasteiger partial charge is 0.478 e. The van der Waals surface area contributed by atoms with Crippen LogP contribution in [0.5, 0.6) is 0 Å². The number of pyridine rings is 2. The summed E-state index contributed by atoms with van der Waals surface area (Å²) in [5.41, 5.74) is 2.03. The topological polar surface area (TPSA) is 91.6 Å². The van der Waals surface area contributed by atoms with E-state index in [-0.39, 0.29) is 28.6 Å². The summed E-state index contributed by atoms with van der Waals surface area (Å²) in [6.45, 7) is 13.3. The smallest absolute Gasteiger partial charge is 0.337 e. The molecule has 0 unspecified atom stereocenters. The molecule has 8 nitrogen and oxygen atoms in total. The Hall–Kier alpha value is -4.41. The zero-order valence-electron chi connectivity index (χ0n) is 25.0. The van der Waals surface area contributed by atoms with Crippen LogP contribution >= 0.6 is 0 Å². The molecule has 3 aromatic heterocycles. The Bertz CT molecular complexity index is 1720. The fourth-order valence-electron chi connectivity index (χ4n) is 5.92. The van der Waals surface area contributed by atoms with Gasteiger partial charge in [-0.05, 0) is 75.1 Å². The summed E-state index contributed by atoms with van der Waals surface area (Å²) >= 11 is 0. The van der Waals surface area contributed by atoms with E-state index >= 15 is 0 Å². The molecule has 1 fully saturated rings. The molecule has 4 aromatic rings. The number of piperazine rings is 1. The number of fused-ring (bicyclic) bond motifs is 1. The molecule has 1 N–H and O–H groups in total. The predicted octanol–water partition coefficient (Wildman–Crippen LogP) is 6.23. The Morgan fingerprint density at radius 2 is 1.70 bits per heavy atom. The number of aromatic nitrogens is 3. The first kappa shape index (κ1) is 30.1. The number of amides is 1. The van der Waals surface area contributed by atoms with E-state index < -0.39 is 29.0 Å². The number of benzene rings is 1. The van der Waals surface area contributed by atoms with E-state index in [9.17, 15) is 27.9 Å². The summed E-state index contributed by atoms with van der Waals surface area (Å²) in [6, 6.07) is 7.00. The molecule has 0 bridgehead atoms. The number of carboxylic acids is 1. The Morgan fingerprint density at radius 1 is 1.02 bits per heavy atom. The number of hydrogen-bond donors (Lipinski definition) is 1. The summed E-state index contributed by atoms with van der Waals surface area (Å²) < 4.78 is 43.7. The van der Waals surface area contributed by atoms with Crippen LogP contribution in [0.3, 0.4) is 0 Å². The molecule has 5 rings (SSSR count). The van der Waals surface area contributed by atoms with Crippen LogP contribution < -0.4 is 4.90 Å². The highest BCUT2D eigenvalue weighted by Gasteiger charge is 2.38. The van der Waals surface area contributed by atoms with Gasteiger partial charge in [0.1, 0.15) is 17.2 Å². The number of carbonyl (C=O) groups excluding carboxylic acids is 1. The number of halogens is 3. The second kappa shape index (κ2) is 11.0. The lowest BCUT2D eigenvalue weighted by molar-refractivity contribution is 0.0507. The molecule has 1 aliphatic heterocycles. The highest BCUT2D eigenvalue weighted by molar-refractivity contribution is 5.99. The van der Waals surface area contributed by atoms with Crippen molar-refractivity contribution in [3.63, 3.8) is 0 Å². The number of carbonyl (C=O) groups is 2. The minimum Gasteiger partial charge on any atom is -0.478 e. The molecule has 43 heavy (non-hydrogen) atoms. The fourth-order valence-corrected chi connectivity index (χ4v) is 5.92. The minimum atomic E-state index is -1.53. The average Bonchev–Trinajstić information content (AvgIpc) is 3.26. The molecule has 0 radical (unpaired) electrons. The Labute approximate surface area is 247 Å². The fraction of sp³-hybridized carbons (Fsp3) is 0.375. The second-order valence-corrected chi connectivity index (χ2v) is 12.2. The molecule has 1 amide bonds. The molecule has 0 aliphatic carbocycles. The maximum atomic E-state index is 14.1. The van der Waals surface area contributed by atoms with E-state index in [1.807, 2.05) is 37.2 Å². The zero-order valence-corrected chi connectivity index (χ0v) is 25.0. The molecule has 0 spiro atoms. The van der Waals surface area contributed by atoms with Gasteiger partial charge in [-0.15, -0.1) is 0 Å². The summed E-state index contributed by atoms with van der Waals surface area (Å²) in [5.74, 6) is -4.49. The van der Waals surface area contributed by atoms with E-state index in [2.05, 4.69) is 4.98 Å². The van der Waals surface area contributed by atoms with Gasteiger partial charge in [-0.3, -0.25) is 4.79 Å². The highest BCUT2D eigenvalue weighted by Crippen LogP contribution is 2.33. The third-order valence-corrected chi connectivity index (χ3v) is 7.87. The van der Waals surface area contributed by atoms with E-state index in [0.29, 0.717) is 59.9 Å². The number of carboxylic acid groups (broad SMARTS) is 1. The van der Waals surface area contributed by atoms with Crippen molar-refractivity contribution in [2.45, 2.75) is 53.6 Å². The lowest BCUT2D eigenvalue weighted by atomic mass is 9.97. The van der Waals surface area contributed by atoms with Gasteiger partial charge in [0.2, 0.25) is 0 Å². The van der Waals surface area contributed by atoms with Crippen LogP contribution in [0.4, 0.5) is 19.0 Å². The van der Waals surface area contributed by atoms with Gasteiger partial charge in [0.05, 0.1) is 16.8 Å². The van der Waals surface area contributed by atoms with Crippen LogP contribution in [0.2, 0.25) is 0 Å². The first-order valence-corrected chi connectivity index (χ1v) is 14.1. The minimum absolute atomic E-state index is 0.178. The number of nitrogens with zero attached hydrogens (tertiary/aromatic N) is 5. The summed E-state index contributed by atoms with van der Waals surface area (Å²) in [6.07, 6.45) is 1.73. The van der Waals surface area contributed by atoms with Gasteiger partial charge in [-0.25, -0.2) is 27.9 Å². The van der Waals surface area contributed by atoms with Crippen LogP contribution in [0.1, 0.15) is 59.8 Å². The molecule has 1 saturated heterocycles. The van der Waals surface area contributed by atoms with Crippen molar-refractivity contribution in [1.82, 2.24) is 19.4 Å². The van der Waals surface area contributed by atoms with Crippen molar-refractivity contribution in [3.05, 3.63) is 76.5 Å². The lowest BCUT2D eigenvalue weighted by Gasteiger charge is -2.47. The maximum absolute atomic E-state index is 14.1. The van der Waals surface area contributed by atoms with Crippen molar-refractivity contribution in [1.29, 1.82) is 0 Å². The zero-order chi connectivity index (χ0) is 31.4. The normalized spacial score (nSPS) is 15.0. The van der Waals surface area contributed by atoms with Crippen molar-refractivity contribution in [2.24, 2.45) is 5.92 Å². The van der Waals surface area contributed by atoms with Gasteiger partial charge in [0.15, 0.2) is 17.5 Å². The average molecular weight is 594 g/mol. The van der Waals surface area contributed by atoms with Gasteiger partial charge >= 0.3 is 5.97 Å². The van der Waals surface area contributed by atoms with Gasteiger partial charge in [-0.1, -0.05) is 13.8 Å². The van der Waals surface area contributed by atoms with Crippen molar-refractivity contribution >= 4 is 28.7 Å². The van der Waals surface area contributed by atoms with E-state index in [1.54, 1.807) is 43.1 Å². The number of hydrogen-bond acceptors (Lipinski definition) is 5. The Morgan fingerprint density at radius 3 is 2.28 bits per heavy atom. The molecule has 0 atom stereocenters. The summed E-state index contributed by atoms with van der Waals surface area (Å²) in [4.78, 5) is 38.6. The maximum Gasteiger partial charge on any atom is 0.337 e. The van der Waals surface area contributed by atoms with Crippen molar-refractivity contribution in [2.75, 3.05) is 24.5 Å². The van der Waals surface area contributed by atoms with E-state index in [4.69, 9.17) is 4.98 Å². The molecule has 1 aliphatic rings. The predicted molar refractivity (Wildman–Crippen MR) is 158 cm³/mol. The van der Waals surface area contributed by atoms with Gasteiger partial charge in [0.25, 0.3) is 5.91 Å². The molecular formula is C32H34F3N5O3. The van der Waals surface area contributed by atoms with Crippen LogP contribution in [-0.2, 0) is 6.54 Å². The first-order valence-electron chi connectivity index (χ1n) is 14.1. The van der Waals surface area contributed by atoms with Gasteiger partial charge in [-0.2, -0.15) is 0 Å². The van der Waals surface area contributed by atoms with E-state index in [0.717, 1.165) is 12.1 Å². The molecule has 226 valence electrons. The van der Waals surface area contributed by atoms with Crippen LogP contribution in [0.15, 0.2) is 36.5 Å². The van der Waals surface area contributed by atoms with Crippen LogP contribution in [-0.4, -0.2) is 61.6 Å². The molecular weight excluding hydrogens is 559 g/mol. The number of rotatable bonds is 6. The molecule has 4 heterocycles. The number of aryl methyl sites for hydroxylation is 2. The highest BCUT2D eigenvalue weighted by atomic mass is 19.2. The van der Waals surface area contributed by atoms with Crippen molar-refractivity contribution in [3.8, 4) is 11.1 Å². The number of anilines is 1. The van der Waals surface area contributed by atoms with Gasteiger partial charge in [0, 0.05) is 43.3 Å². The summed E-state index contributed by atoms with van der Waals surface area (Å²) in [7, 11) is 0. The lowest BCUT2D eigenvalue weighted by Crippen LogP contribution is -2.61. The standard InChI is InChI=1S/C32H34F3N5O3/c1-17(2)14-39-15-22(20-12-23(33)28(35)24(34)13-20)21-7-8-25(37-29(21)39)30(41)40-10-9-38(16-32(40,5)6)26-11-18(3)27(31(42)43)19(4)36-26/h7-8,11-13,15,17H,9-10,14,16H2,1-6H3,(H,42,43).